The van der Waals surface area contributed by atoms with Crippen LogP contribution in [0.25, 0.3) is 0 Å². The van der Waals surface area contributed by atoms with E-state index in [1.807, 2.05) is 19.9 Å². The zero-order valence-corrected chi connectivity index (χ0v) is 12.6. The molecule has 2 N–H and O–H groups in total. The summed E-state index contributed by atoms with van der Waals surface area (Å²) in [6, 6.07) is 8.28. The Morgan fingerprint density at radius 2 is 1.81 bits per heavy atom. The number of amides is 2. The third-order valence-electron chi connectivity index (χ3n) is 2.90. The first-order valence-electron chi connectivity index (χ1n) is 6.98. The third kappa shape index (κ3) is 6.09. The number of carbonyl (C=O) groups excluding carboxylic acids is 2. The van der Waals surface area contributed by atoms with Crippen molar-refractivity contribution in [3.05, 3.63) is 35.4 Å². The topological polar surface area (TPSA) is 82.0 Å². The van der Waals surface area contributed by atoms with E-state index >= 15 is 0 Å². The van der Waals surface area contributed by atoms with E-state index in [0.29, 0.717) is 18.0 Å². The summed E-state index contributed by atoms with van der Waals surface area (Å²) in [5, 5.41) is 14.1. The maximum atomic E-state index is 11.9. The molecule has 0 saturated heterocycles. The third-order valence-corrected chi connectivity index (χ3v) is 2.90. The first kappa shape index (κ1) is 16.7. The Balaban J connectivity index is 2.45. The molecule has 0 aliphatic carbocycles. The Morgan fingerprint density at radius 1 is 1.19 bits per heavy atom. The van der Waals surface area contributed by atoms with Crippen LogP contribution in [-0.2, 0) is 16.0 Å². The Hall–Kier alpha value is -2.35. The van der Waals surface area contributed by atoms with Gasteiger partial charge in [0.1, 0.15) is 6.04 Å². The zero-order valence-electron chi connectivity index (χ0n) is 12.6. The van der Waals surface area contributed by atoms with Crippen LogP contribution >= 0.6 is 0 Å². The van der Waals surface area contributed by atoms with Crippen LogP contribution in [0, 0.1) is 17.2 Å². The standard InChI is InChI=1S/C16H21N3O2/c1-11(2)10-18-16(21)12(3)19-15(20)8-13-4-6-14(9-17)7-5-13/h4-7,11-12H,8,10H2,1-3H3,(H,18,21)(H,19,20). The van der Waals surface area contributed by atoms with Crippen molar-refractivity contribution in [3.63, 3.8) is 0 Å². The quantitative estimate of drug-likeness (QED) is 0.829. The highest BCUT2D eigenvalue weighted by Crippen LogP contribution is 2.04. The predicted molar refractivity (Wildman–Crippen MR) is 80.3 cm³/mol. The smallest absolute Gasteiger partial charge is 0.242 e. The van der Waals surface area contributed by atoms with Gasteiger partial charge in [-0.05, 0) is 30.5 Å². The lowest BCUT2D eigenvalue weighted by molar-refractivity contribution is -0.128. The molecule has 5 heteroatoms. The van der Waals surface area contributed by atoms with E-state index < -0.39 is 6.04 Å². The molecule has 1 unspecified atom stereocenters. The molecule has 112 valence electrons. The van der Waals surface area contributed by atoms with E-state index in [0.717, 1.165) is 5.56 Å². The lowest BCUT2D eigenvalue weighted by atomic mass is 10.1. The van der Waals surface area contributed by atoms with Gasteiger partial charge in [0.2, 0.25) is 11.8 Å². The van der Waals surface area contributed by atoms with E-state index in [1.165, 1.54) is 0 Å². The van der Waals surface area contributed by atoms with Crippen molar-refractivity contribution in [2.75, 3.05) is 6.54 Å². The molecule has 0 aromatic heterocycles. The largest absolute Gasteiger partial charge is 0.354 e. The molecule has 21 heavy (non-hydrogen) atoms. The van der Waals surface area contributed by atoms with Gasteiger partial charge in [0, 0.05) is 6.54 Å². The van der Waals surface area contributed by atoms with Gasteiger partial charge < -0.3 is 10.6 Å². The SMILES string of the molecule is CC(C)CNC(=O)C(C)NC(=O)Cc1ccc(C#N)cc1. The summed E-state index contributed by atoms with van der Waals surface area (Å²) in [5.41, 5.74) is 1.36. The maximum Gasteiger partial charge on any atom is 0.242 e. The van der Waals surface area contributed by atoms with Gasteiger partial charge in [-0.2, -0.15) is 5.26 Å². The lowest BCUT2D eigenvalue weighted by Crippen LogP contribution is -2.46. The van der Waals surface area contributed by atoms with Gasteiger partial charge in [0.15, 0.2) is 0 Å². The molecule has 1 rings (SSSR count). The number of hydrogen-bond acceptors (Lipinski definition) is 3. The maximum absolute atomic E-state index is 11.9. The monoisotopic (exact) mass is 287 g/mol. The molecule has 0 aliphatic heterocycles. The molecule has 1 aromatic carbocycles. The highest BCUT2D eigenvalue weighted by atomic mass is 16.2. The fraction of sp³-hybridized carbons (Fsp3) is 0.438. The van der Waals surface area contributed by atoms with Crippen molar-refractivity contribution < 1.29 is 9.59 Å². The Morgan fingerprint density at radius 3 is 2.33 bits per heavy atom. The summed E-state index contributed by atoms with van der Waals surface area (Å²) in [6.45, 7) is 6.27. The Kier molecular flexibility index (Phi) is 6.41. The molecule has 1 atom stereocenters. The summed E-state index contributed by atoms with van der Waals surface area (Å²) in [5.74, 6) is -0.0284. The summed E-state index contributed by atoms with van der Waals surface area (Å²) < 4.78 is 0. The van der Waals surface area contributed by atoms with Crippen molar-refractivity contribution in [3.8, 4) is 6.07 Å². The van der Waals surface area contributed by atoms with Crippen LogP contribution in [0.4, 0.5) is 0 Å². The van der Waals surface area contributed by atoms with Crippen LogP contribution in [0.5, 0.6) is 0 Å². The van der Waals surface area contributed by atoms with E-state index in [-0.39, 0.29) is 18.2 Å². The molecule has 1 aromatic rings. The van der Waals surface area contributed by atoms with Gasteiger partial charge >= 0.3 is 0 Å². The average Bonchev–Trinajstić information content (AvgIpc) is 2.45. The van der Waals surface area contributed by atoms with E-state index in [1.54, 1.807) is 31.2 Å². The van der Waals surface area contributed by atoms with E-state index in [4.69, 9.17) is 5.26 Å². The number of rotatable bonds is 6. The minimum atomic E-state index is -0.561. The van der Waals surface area contributed by atoms with Crippen LogP contribution in [0.3, 0.4) is 0 Å². The molecule has 0 spiro atoms. The molecule has 0 heterocycles. The fourth-order valence-electron chi connectivity index (χ4n) is 1.70. The van der Waals surface area contributed by atoms with Crippen molar-refractivity contribution in [2.24, 2.45) is 5.92 Å². The van der Waals surface area contributed by atoms with E-state index in [9.17, 15) is 9.59 Å². The predicted octanol–water partition coefficient (Wildman–Crippen LogP) is 1.38. The van der Waals surface area contributed by atoms with Crippen molar-refractivity contribution in [2.45, 2.75) is 33.2 Å². The second-order valence-electron chi connectivity index (χ2n) is 5.41. The van der Waals surface area contributed by atoms with Gasteiger partial charge in [-0.1, -0.05) is 26.0 Å². The zero-order chi connectivity index (χ0) is 15.8. The molecule has 0 bridgehead atoms. The molecule has 0 fully saturated rings. The van der Waals surface area contributed by atoms with Crippen molar-refractivity contribution in [1.82, 2.24) is 10.6 Å². The number of nitriles is 1. The van der Waals surface area contributed by atoms with Crippen LogP contribution in [0.15, 0.2) is 24.3 Å². The summed E-state index contributed by atoms with van der Waals surface area (Å²) >= 11 is 0. The molecule has 0 radical (unpaired) electrons. The minimum Gasteiger partial charge on any atom is -0.354 e. The molecule has 5 nitrogen and oxygen atoms in total. The minimum absolute atomic E-state index is 0.183. The van der Waals surface area contributed by atoms with Crippen LogP contribution in [-0.4, -0.2) is 24.4 Å². The van der Waals surface area contributed by atoms with Crippen molar-refractivity contribution >= 4 is 11.8 Å². The number of nitrogens with zero attached hydrogens (tertiary/aromatic N) is 1. The van der Waals surface area contributed by atoms with Crippen LogP contribution in [0.2, 0.25) is 0 Å². The van der Waals surface area contributed by atoms with Gasteiger partial charge in [0.25, 0.3) is 0 Å². The number of carbonyl (C=O) groups is 2. The van der Waals surface area contributed by atoms with Gasteiger partial charge in [-0.3, -0.25) is 9.59 Å². The van der Waals surface area contributed by atoms with Crippen LogP contribution in [0.1, 0.15) is 31.9 Å². The first-order valence-corrected chi connectivity index (χ1v) is 6.98. The number of nitrogens with one attached hydrogen (secondary N) is 2. The summed E-state index contributed by atoms with van der Waals surface area (Å²) in [6.07, 6.45) is 0.188. The normalized spacial score (nSPS) is 11.6. The molecule has 0 aliphatic rings. The van der Waals surface area contributed by atoms with Gasteiger partial charge in [-0.15, -0.1) is 0 Å². The van der Waals surface area contributed by atoms with E-state index in [2.05, 4.69) is 10.6 Å². The average molecular weight is 287 g/mol. The molecular weight excluding hydrogens is 266 g/mol. The Bertz CT molecular complexity index is 529. The second kappa shape index (κ2) is 8.05. The fourth-order valence-corrected chi connectivity index (χ4v) is 1.70. The molecular formula is C16H21N3O2. The lowest BCUT2D eigenvalue weighted by Gasteiger charge is -2.15. The first-order chi connectivity index (χ1) is 9.92. The number of benzene rings is 1. The van der Waals surface area contributed by atoms with Crippen molar-refractivity contribution in [1.29, 1.82) is 5.26 Å². The number of hydrogen-bond donors (Lipinski definition) is 2. The summed E-state index contributed by atoms with van der Waals surface area (Å²) in [4.78, 5) is 23.6. The van der Waals surface area contributed by atoms with Gasteiger partial charge in [-0.25, -0.2) is 0 Å². The highest BCUT2D eigenvalue weighted by molar-refractivity contribution is 5.88. The second-order valence-corrected chi connectivity index (χ2v) is 5.41. The molecule has 0 saturated carbocycles. The highest BCUT2D eigenvalue weighted by Gasteiger charge is 2.15. The summed E-state index contributed by atoms with van der Waals surface area (Å²) in [7, 11) is 0. The Labute approximate surface area is 125 Å². The van der Waals surface area contributed by atoms with Gasteiger partial charge in [0.05, 0.1) is 18.1 Å². The van der Waals surface area contributed by atoms with Crippen LogP contribution < -0.4 is 10.6 Å². The molecule has 2 amide bonds.